The molecule has 20 heavy (non-hydrogen) atoms. The van der Waals surface area contributed by atoms with Gasteiger partial charge in [-0.1, -0.05) is 30.3 Å². The summed E-state index contributed by atoms with van der Waals surface area (Å²) in [6.07, 6.45) is -0.513. The molecule has 1 saturated heterocycles. The average Bonchev–Trinajstić information content (AvgIpc) is 2.88. The lowest BCUT2D eigenvalue weighted by Crippen LogP contribution is -2.21. The van der Waals surface area contributed by atoms with Crippen LogP contribution in [0.5, 0.6) is 0 Å². The second kappa shape index (κ2) is 7.99. The molecule has 1 aliphatic rings. The molecule has 1 aromatic carbocycles. The first kappa shape index (κ1) is 15.0. The zero-order valence-electron chi connectivity index (χ0n) is 11.6. The summed E-state index contributed by atoms with van der Waals surface area (Å²) in [5, 5.41) is 0. The highest BCUT2D eigenvalue weighted by Crippen LogP contribution is 2.16. The van der Waals surface area contributed by atoms with Crippen molar-refractivity contribution in [2.45, 2.75) is 32.3 Å². The maximum Gasteiger partial charge on any atom is 0.310 e. The van der Waals surface area contributed by atoms with Crippen LogP contribution in [0.25, 0.3) is 0 Å². The maximum atomic E-state index is 11.3. The summed E-state index contributed by atoms with van der Waals surface area (Å²) in [6, 6.07) is 9.94. The zero-order valence-corrected chi connectivity index (χ0v) is 11.6. The van der Waals surface area contributed by atoms with Gasteiger partial charge < -0.3 is 18.9 Å². The lowest BCUT2D eigenvalue weighted by atomic mass is 10.2. The highest BCUT2D eigenvalue weighted by Gasteiger charge is 2.28. The Labute approximate surface area is 118 Å². The number of carbonyl (C=O) groups is 1. The molecule has 5 heteroatoms. The Hall–Kier alpha value is -1.43. The fourth-order valence-corrected chi connectivity index (χ4v) is 1.94. The van der Waals surface area contributed by atoms with Gasteiger partial charge in [-0.15, -0.1) is 0 Å². The molecule has 1 heterocycles. The molecule has 0 aromatic heterocycles. The highest BCUT2D eigenvalue weighted by molar-refractivity contribution is 5.69. The van der Waals surface area contributed by atoms with Gasteiger partial charge >= 0.3 is 5.97 Å². The van der Waals surface area contributed by atoms with Gasteiger partial charge in [0.2, 0.25) is 0 Å². The Morgan fingerprint density at radius 1 is 1.35 bits per heavy atom. The van der Waals surface area contributed by atoms with Crippen molar-refractivity contribution in [3.63, 3.8) is 0 Å². The van der Waals surface area contributed by atoms with Gasteiger partial charge in [0.1, 0.15) is 6.10 Å². The topological polar surface area (TPSA) is 54.0 Å². The molecular weight excluding hydrogens is 260 g/mol. The van der Waals surface area contributed by atoms with Gasteiger partial charge in [-0.3, -0.25) is 4.79 Å². The summed E-state index contributed by atoms with van der Waals surface area (Å²) in [4.78, 5) is 11.3. The average molecular weight is 280 g/mol. The Morgan fingerprint density at radius 2 is 2.15 bits per heavy atom. The van der Waals surface area contributed by atoms with Crippen molar-refractivity contribution in [3.8, 4) is 0 Å². The van der Waals surface area contributed by atoms with Crippen molar-refractivity contribution in [2.75, 3.05) is 19.8 Å². The van der Waals surface area contributed by atoms with E-state index < -0.39 is 6.29 Å². The SMILES string of the molecule is CCOC(=O)CC1OCC(COCc2ccccc2)O1. The van der Waals surface area contributed by atoms with Crippen molar-refractivity contribution in [1.82, 2.24) is 0 Å². The molecule has 2 rings (SSSR count). The number of benzene rings is 1. The molecule has 1 fully saturated rings. The molecule has 0 aliphatic carbocycles. The summed E-state index contributed by atoms with van der Waals surface area (Å²) in [7, 11) is 0. The number of rotatable bonds is 7. The molecule has 1 aliphatic heterocycles. The molecule has 110 valence electrons. The summed E-state index contributed by atoms with van der Waals surface area (Å²) in [5.41, 5.74) is 1.12. The third kappa shape index (κ3) is 4.92. The molecule has 0 radical (unpaired) electrons. The minimum absolute atomic E-state index is 0.127. The Morgan fingerprint density at radius 3 is 2.90 bits per heavy atom. The van der Waals surface area contributed by atoms with Crippen LogP contribution in [0.2, 0.25) is 0 Å². The van der Waals surface area contributed by atoms with Gasteiger partial charge in [-0.05, 0) is 12.5 Å². The summed E-state index contributed by atoms with van der Waals surface area (Å²) < 4.78 is 21.4. The summed E-state index contributed by atoms with van der Waals surface area (Å²) in [6.45, 7) is 3.58. The summed E-state index contributed by atoms with van der Waals surface area (Å²) >= 11 is 0. The van der Waals surface area contributed by atoms with Gasteiger partial charge in [0, 0.05) is 0 Å². The monoisotopic (exact) mass is 280 g/mol. The number of ether oxygens (including phenoxy) is 4. The second-order valence-electron chi connectivity index (χ2n) is 4.53. The quantitative estimate of drug-likeness (QED) is 0.714. The fourth-order valence-electron chi connectivity index (χ4n) is 1.94. The molecule has 0 spiro atoms. The molecule has 0 amide bonds. The molecule has 2 unspecified atom stereocenters. The van der Waals surface area contributed by atoms with E-state index in [9.17, 15) is 4.79 Å². The van der Waals surface area contributed by atoms with Gasteiger partial charge in [0.15, 0.2) is 6.29 Å². The van der Waals surface area contributed by atoms with Crippen LogP contribution in [-0.2, 0) is 30.3 Å². The highest BCUT2D eigenvalue weighted by atomic mass is 16.7. The van der Waals surface area contributed by atoms with E-state index in [2.05, 4.69) is 0 Å². The van der Waals surface area contributed by atoms with Gasteiger partial charge in [0.05, 0.1) is 32.8 Å². The number of hydrogen-bond acceptors (Lipinski definition) is 5. The number of carbonyl (C=O) groups excluding carboxylic acids is 1. The van der Waals surface area contributed by atoms with Crippen LogP contribution in [0.1, 0.15) is 18.9 Å². The Bertz CT molecular complexity index is 406. The lowest BCUT2D eigenvalue weighted by Gasteiger charge is -2.11. The smallest absolute Gasteiger partial charge is 0.310 e. The largest absolute Gasteiger partial charge is 0.466 e. The predicted molar refractivity (Wildman–Crippen MR) is 72.0 cm³/mol. The van der Waals surface area contributed by atoms with E-state index in [1.807, 2.05) is 30.3 Å². The Kier molecular flexibility index (Phi) is 5.98. The van der Waals surface area contributed by atoms with Crippen molar-refractivity contribution in [3.05, 3.63) is 35.9 Å². The zero-order chi connectivity index (χ0) is 14.2. The van der Waals surface area contributed by atoms with E-state index in [1.165, 1.54) is 0 Å². The minimum Gasteiger partial charge on any atom is -0.466 e. The molecule has 0 N–H and O–H groups in total. The number of hydrogen-bond donors (Lipinski definition) is 0. The van der Waals surface area contributed by atoms with Crippen LogP contribution >= 0.6 is 0 Å². The molecule has 0 bridgehead atoms. The van der Waals surface area contributed by atoms with Crippen molar-refractivity contribution in [2.24, 2.45) is 0 Å². The van der Waals surface area contributed by atoms with E-state index in [1.54, 1.807) is 6.92 Å². The standard InChI is InChI=1S/C15H20O5/c1-2-18-14(16)8-15-19-11-13(20-15)10-17-9-12-6-4-3-5-7-12/h3-7,13,15H,2,8-11H2,1H3. The molecule has 2 atom stereocenters. The van der Waals surface area contributed by atoms with E-state index in [0.717, 1.165) is 5.56 Å². The van der Waals surface area contributed by atoms with Crippen LogP contribution in [0.3, 0.4) is 0 Å². The molecule has 5 nitrogen and oxygen atoms in total. The van der Waals surface area contributed by atoms with E-state index in [0.29, 0.717) is 26.4 Å². The van der Waals surface area contributed by atoms with E-state index in [-0.39, 0.29) is 18.5 Å². The third-order valence-corrected chi connectivity index (χ3v) is 2.87. The van der Waals surface area contributed by atoms with Crippen LogP contribution in [-0.4, -0.2) is 38.2 Å². The van der Waals surface area contributed by atoms with Gasteiger partial charge in [-0.2, -0.15) is 0 Å². The van der Waals surface area contributed by atoms with Crippen molar-refractivity contribution < 1.29 is 23.7 Å². The van der Waals surface area contributed by atoms with Crippen LogP contribution in [0, 0.1) is 0 Å². The molecular formula is C15H20O5. The maximum absolute atomic E-state index is 11.3. The molecule has 1 aromatic rings. The van der Waals surface area contributed by atoms with Gasteiger partial charge in [0.25, 0.3) is 0 Å². The second-order valence-corrected chi connectivity index (χ2v) is 4.53. The van der Waals surface area contributed by atoms with E-state index >= 15 is 0 Å². The van der Waals surface area contributed by atoms with Gasteiger partial charge in [-0.25, -0.2) is 0 Å². The minimum atomic E-state index is -0.514. The first-order chi connectivity index (χ1) is 9.78. The predicted octanol–water partition coefficient (Wildman–Crippen LogP) is 1.90. The van der Waals surface area contributed by atoms with Crippen molar-refractivity contribution in [1.29, 1.82) is 0 Å². The third-order valence-electron chi connectivity index (χ3n) is 2.87. The fraction of sp³-hybridized carbons (Fsp3) is 0.533. The van der Waals surface area contributed by atoms with Crippen LogP contribution in [0.4, 0.5) is 0 Å². The molecule has 0 saturated carbocycles. The first-order valence-electron chi connectivity index (χ1n) is 6.82. The normalized spacial score (nSPS) is 21.9. The van der Waals surface area contributed by atoms with Crippen molar-refractivity contribution >= 4 is 5.97 Å². The Balaban J connectivity index is 1.62. The van der Waals surface area contributed by atoms with Crippen LogP contribution < -0.4 is 0 Å². The van der Waals surface area contributed by atoms with Crippen LogP contribution in [0.15, 0.2) is 30.3 Å². The summed E-state index contributed by atoms with van der Waals surface area (Å²) in [5.74, 6) is -0.302. The first-order valence-corrected chi connectivity index (χ1v) is 6.82. The number of esters is 1. The van der Waals surface area contributed by atoms with E-state index in [4.69, 9.17) is 18.9 Å². The lowest BCUT2D eigenvalue weighted by molar-refractivity contribution is -0.153.